The van der Waals surface area contributed by atoms with E-state index in [1.807, 2.05) is 24.3 Å². The van der Waals surface area contributed by atoms with Crippen LogP contribution in [0.2, 0.25) is 0 Å². The molecule has 20 heavy (non-hydrogen) atoms. The van der Waals surface area contributed by atoms with E-state index in [0.29, 0.717) is 18.9 Å². The normalized spacial score (nSPS) is 18.4. The average molecular weight is 280 g/mol. The molecule has 0 spiro atoms. The van der Waals surface area contributed by atoms with Gasteiger partial charge in [-0.3, -0.25) is 4.79 Å². The van der Waals surface area contributed by atoms with Crippen LogP contribution in [0.15, 0.2) is 24.3 Å². The van der Waals surface area contributed by atoms with Gasteiger partial charge < -0.3 is 24.8 Å². The highest BCUT2D eigenvalue weighted by atomic mass is 16.6. The predicted molar refractivity (Wildman–Crippen MR) is 73.8 cm³/mol. The molecule has 1 aromatic carbocycles. The maximum atomic E-state index is 12.0. The summed E-state index contributed by atoms with van der Waals surface area (Å²) < 4.78 is 16.3. The zero-order chi connectivity index (χ0) is 14.5. The second-order valence-corrected chi connectivity index (χ2v) is 4.78. The summed E-state index contributed by atoms with van der Waals surface area (Å²) in [6.07, 6.45) is -0.200. The van der Waals surface area contributed by atoms with Crippen LogP contribution in [0.5, 0.6) is 11.5 Å². The third kappa shape index (κ3) is 3.40. The summed E-state index contributed by atoms with van der Waals surface area (Å²) in [5.74, 6) is 1.26. The number of methoxy groups -OCH3 is 1. The molecule has 6 nitrogen and oxygen atoms in total. The van der Waals surface area contributed by atoms with Crippen LogP contribution in [0.25, 0.3) is 0 Å². The van der Waals surface area contributed by atoms with E-state index in [4.69, 9.17) is 19.9 Å². The van der Waals surface area contributed by atoms with Crippen LogP contribution in [0.3, 0.4) is 0 Å². The highest BCUT2D eigenvalue weighted by molar-refractivity contribution is 5.81. The van der Waals surface area contributed by atoms with E-state index in [-0.39, 0.29) is 18.6 Å². The summed E-state index contributed by atoms with van der Waals surface area (Å²) >= 11 is 0. The molecule has 2 N–H and O–H groups in total. The van der Waals surface area contributed by atoms with E-state index in [2.05, 4.69) is 0 Å². The first-order valence-corrected chi connectivity index (χ1v) is 6.49. The molecule has 2 atom stereocenters. The minimum Gasteiger partial charge on any atom is -0.486 e. The molecular weight excluding hydrogens is 260 g/mol. The standard InChI is InChI=1S/C14H20N2O4/c1-16(14(17)11(15)9-18-2)7-10-8-19-12-5-3-4-6-13(12)20-10/h3-6,10-11H,7-9,15H2,1-2H3. The van der Waals surface area contributed by atoms with Crippen molar-refractivity contribution in [3.63, 3.8) is 0 Å². The van der Waals surface area contributed by atoms with Crippen LogP contribution in [-0.4, -0.2) is 56.9 Å². The lowest BCUT2D eigenvalue weighted by Crippen LogP contribution is -2.49. The van der Waals surface area contributed by atoms with Gasteiger partial charge in [0.2, 0.25) is 5.91 Å². The summed E-state index contributed by atoms with van der Waals surface area (Å²) in [5.41, 5.74) is 5.72. The second kappa shape index (κ2) is 6.58. The van der Waals surface area contributed by atoms with Gasteiger partial charge in [-0.2, -0.15) is 0 Å². The first kappa shape index (κ1) is 14.6. The largest absolute Gasteiger partial charge is 0.486 e. The lowest BCUT2D eigenvalue weighted by Gasteiger charge is -2.30. The molecule has 0 saturated heterocycles. The van der Waals surface area contributed by atoms with Crippen LogP contribution in [0.4, 0.5) is 0 Å². The van der Waals surface area contributed by atoms with Crippen LogP contribution >= 0.6 is 0 Å². The van der Waals surface area contributed by atoms with E-state index >= 15 is 0 Å². The van der Waals surface area contributed by atoms with Crippen molar-refractivity contribution in [3.8, 4) is 11.5 Å². The van der Waals surface area contributed by atoms with Crippen LogP contribution in [0, 0.1) is 0 Å². The van der Waals surface area contributed by atoms with E-state index < -0.39 is 6.04 Å². The van der Waals surface area contributed by atoms with Gasteiger partial charge >= 0.3 is 0 Å². The molecule has 0 aliphatic carbocycles. The minimum atomic E-state index is -0.651. The molecule has 1 aliphatic heterocycles. The zero-order valence-corrected chi connectivity index (χ0v) is 11.7. The van der Waals surface area contributed by atoms with Gasteiger partial charge in [0, 0.05) is 14.2 Å². The van der Waals surface area contributed by atoms with Crippen molar-refractivity contribution in [2.24, 2.45) is 5.73 Å². The number of benzene rings is 1. The molecule has 0 bridgehead atoms. The van der Waals surface area contributed by atoms with Gasteiger partial charge in [-0.05, 0) is 12.1 Å². The van der Waals surface area contributed by atoms with Crippen molar-refractivity contribution >= 4 is 5.91 Å². The Morgan fingerprint density at radius 3 is 2.90 bits per heavy atom. The topological polar surface area (TPSA) is 74.0 Å². The quantitative estimate of drug-likeness (QED) is 0.837. The Bertz CT molecular complexity index is 466. The Morgan fingerprint density at radius 1 is 1.50 bits per heavy atom. The highest BCUT2D eigenvalue weighted by Gasteiger charge is 2.25. The molecule has 1 amide bonds. The SMILES string of the molecule is COCC(N)C(=O)N(C)CC1COc2ccccc2O1. The number of likely N-dealkylation sites (N-methyl/N-ethyl adjacent to an activating group) is 1. The number of hydrogen-bond donors (Lipinski definition) is 1. The number of hydrogen-bond acceptors (Lipinski definition) is 5. The molecule has 0 aromatic heterocycles. The van der Waals surface area contributed by atoms with Crippen LogP contribution in [0.1, 0.15) is 0 Å². The lowest BCUT2D eigenvalue weighted by molar-refractivity contribution is -0.133. The second-order valence-electron chi connectivity index (χ2n) is 4.78. The van der Waals surface area contributed by atoms with Gasteiger partial charge in [-0.25, -0.2) is 0 Å². The number of ether oxygens (including phenoxy) is 3. The Kier molecular flexibility index (Phi) is 4.81. The van der Waals surface area contributed by atoms with Gasteiger partial charge in [0.25, 0.3) is 0 Å². The predicted octanol–water partition coefficient (Wildman–Crippen LogP) is 0.259. The van der Waals surface area contributed by atoms with E-state index in [1.165, 1.54) is 7.11 Å². The fraction of sp³-hybridized carbons (Fsp3) is 0.500. The molecule has 1 aliphatic rings. The fourth-order valence-corrected chi connectivity index (χ4v) is 2.08. The zero-order valence-electron chi connectivity index (χ0n) is 11.7. The molecule has 2 unspecified atom stereocenters. The van der Waals surface area contributed by atoms with E-state index in [1.54, 1.807) is 11.9 Å². The van der Waals surface area contributed by atoms with Crippen LogP contribution < -0.4 is 15.2 Å². The number of carbonyl (C=O) groups excluding carboxylic acids is 1. The summed E-state index contributed by atoms with van der Waals surface area (Å²) in [4.78, 5) is 13.5. The molecular formula is C14H20N2O4. The number of nitrogens with two attached hydrogens (primary N) is 1. The number of nitrogens with zero attached hydrogens (tertiary/aromatic N) is 1. The first-order chi connectivity index (χ1) is 9.61. The number of para-hydroxylation sites is 2. The van der Waals surface area contributed by atoms with Crippen LogP contribution in [-0.2, 0) is 9.53 Å². The maximum Gasteiger partial charge on any atom is 0.241 e. The van der Waals surface area contributed by atoms with Crippen molar-refractivity contribution in [2.75, 3.05) is 33.9 Å². The fourth-order valence-electron chi connectivity index (χ4n) is 2.08. The molecule has 1 aromatic rings. The molecule has 110 valence electrons. The summed E-state index contributed by atoms with van der Waals surface area (Å²) in [7, 11) is 3.21. The molecule has 1 heterocycles. The van der Waals surface area contributed by atoms with Gasteiger partial charge in [0.05, 0.1) is 13.2 Å². The Morgan fingerprint density at radius 2 is 2.20 bits per heavy atom. The first-order valence-electron chi connectivity index (χ1n) is 6.49. The summed E-state index contributed by atoms with van der Waals surface area (Å²) in [6, 6.07) is 6.83. The van der Waals surface area contributed by atoms with Crippen molar-refractivity contribution in [1.82, 2.24) is 4.90 Å². The molecule has 0 saturated carbocycles. The van der Waals surface area contributed by atoms with Gasteiger partial charge in [0.1, 0.15) is 12.6 Å². The lowest BCUT2D eigenvalue weighted by atomic mass is 10.2. The molecule has 2 rings (SSSR count). The van der Waals surface area contributed by atoms with E-state index in [0.717, 1.165) is 5.75 Å². The Balaban J connectivity index is 1.90. The number of carbonyl (C=O) groups is 1. The maximum absolute atomic E-state index is 12.0. The average Bonchev–Trinajstić information content (AvgIpc) is 2.46. The van der Waals surface area contributed by atoms with Gasteiger partial charge in [0.15, 0.2) is 17.6 Å². The third-order valence-electron chi connectivity index (χ3n) is 3.08. The van der Waals surface area contributed by atoms with Crippen molar-refractivity contribution in [2.45, 2.75) is 12.1 Å². The third-order valence-corrected chi connectivity index (χ3v) is 3.08. The summed E-state index contributed by atoms with van der Waals surface area (Å²) in [6.45, 7) is 1.03. The smallest absolute Gasteiger partial charge is 0.241 e. The monoisotopic (exact) mass is 280 g/mol. The number of rotatable bonds is 5. The molecule has 6 heteroatoms. The molecule has 0 radical (unpaired) electrons. The highest BCUT2D eigenvalue weighted by Crippen LogP contribution is 2.30. The van der Waals surface area contributed by atoms with E-state index in [9.17, 15) is 4.79 Å². The van der Waals surface area contributed by atoms with Crippen molar-refractivity contribution in [1.29, 1.82) is 0 Å². The molecule has 0 fully saturated rings. The van der Waals surface area contributed by atoms with Crippen molar-refractivity contribution in [3.05, 3.63) is 24.3 Å². The summed E-state index contributed by atoms with van der Waals surface area (Å²) in [5, 5.41) is 0. The van der Waals surface area contributed by atoms with Crippen molar-refractivity contribution < 1.29 is 19.0 Å². The number of fused-ring (bicyclic) bond motifs is 1. The van der Waals surface area contributed by atoms with Gasteiger partial charge in [-0.15, -0.1) is 0 Å². The van der Waals surface area contributed by atoms with Gasteiger partial charge in [-0.1, -0.05) is 12.1 Å². The minimum absolute atomic E-state index is 0.172. The number of amides is 1. The Labute approximate surface area is 118 Å². The Hall–Kier alpha value is -1.79.